The monoisotopic (exact) mass is 274 g/mol. The molecular formula is C16H19FN2O. The molecule has 0 spiro atoms. The minimum absolute atomic E-state index is 0.0301. The Kier molecular flexibility index (Phi) is 4.10. The molecule has 0 bridgehead atoms. The number of nitrogens with two attached hydrogens (primary N) is 1. The molecule has 1 aliphatic carbocycles. The summed E-state index contributed by atoms with van der Waals surface area (Å²) in [6, 6.07) is 4.27. The number of carbonyl (C=O) groups excluding carboxylic acids is 1. The molecule has 1 saturated carbocycles. The number of halogens is 1. The molecule has 106 valence electrons. The second-order valence-corrected chi connectivity index (χ2v) is 5.65. The van der Waals surface area contributed by atoms with Crippen LogP contribution in [0.1, 0.15) is 42.6 Å². The van der Waals surface area contributed by atoms with Crippen LogP contribution in [-0.4, -0.2) is 18.0 Å². The van der Waals surface area contributed by atoms with Crippen molar-refractivity contribution >= 4 is 5.91 Å². The molecule has 0 atom stereocenters. The fourth-order valence-corrected chi connectivity index (χ4v) is 2.20. The van der Waals surface area contributed by atoms with E-state index in [4.69, 9.17) is 5.73 Å². The van der Waals surface area contributed by atoms with Crippen LogP contribution in [0.25, 0.3) is 0 Å². The predicted molar refractivity (Wildman–Crippen MR) is 76.6 cm³/mol. The van der Waals surface area contributed by atoms with Gasteiger partial charge in [-0.3, -0.25) is 4.79 Å². The lowest BCUT2D eigenvalue weighted by Gasteiger charge is -2.26. The Hall–Kier alpha value is -1.86. The van der Waals surface area contributed by atoms with E-state index in [1.165, 1.54) is 12.1 Å². The molecule has 1 aliphatic rings. The predicted octanol–water partition coefficient (Wildman–Crippen LogP) is 2.05. The van der Waals surface area contributed by atoms with Gasteiger partial charge < -0.3 is 11.1 Å². The summed E-state index contributed by atoms with van der Waals surface area (Å²) in [6.45, 7) is 4.17. The van der Waals surface area contributed by atoms with Crippen molar-refractivity contribution in [2.24, 2.45) is 11.7 Å². The van der Waals surface area contributed by atoms with Crippen molar-refractivity contribution in [2.75, 3.05) is 6.54 Å². The van der Waals surface area contributed by atoms with Crippen molar-refractivity contribution in [1.82, 2.24) is 5.32 Å². The highest BCUT2D eigenvalue weighted by Gasteiger charge is 2.39. The molecule has 0 heterocycles. The summed E-state index contributed by atoms with van der Waals surface area (Å²) in [5, 5.41) is 2.91. The zero-order valence-electron chi connectivity index (χ0n) is 11.8. The third-order valence-corrected chi connectivity index (χ3v) is 3.58. The Morgan fingerprint density at radius 1 is 1.50 bits per heavy atom. The quantitative estimate of drug-likeness (QED) is 0.829. The van der Waals surface area contributed by atoms with Crippen LogP contribution in [0.3, 0.4) is 0 Å². The fraction of sp³-hybridized carbons (Fsp3) is 0.438. The van der Waals surface area contributed by atoms with Crippen LogP contribution in [0.4, 0.5) is 4.39 Å². The van der Waals surface area contributed by atoms with Gasteiger partial charge in [-0.15, -0.1) is 0 Å². The van der Waals surface area contributed by atoms with E-state index in [0.29, 0.717) is 11.5 Å². The first-order valence-corrected chi connectivity index (χ1v) is 6.75. The molecule has 4 heteroatoms. The van der Waals surface area contributed by atoms with Gasteiger partial charge in [-0.25, -0.2) is 4.39 Å². The van der Waals surface area contributed by atoms with Crippen LogP contribution in [0.2, 0.25) is 0 Å². The van der Waals surface area contributed by atoms with E-state index < -0.39 is 11.7 Å². The number of carbonyl (C=O) groups is 1. The van der Waals surface area contributed by atoms with E-state index in [1.807, 2.05) is 13.8 Å². The third kappa shape index (κ3) is 3.37. The maximum Gasteiger partial charge on any atom is 0.254 e. The van der Waals surface area contributed by atoms with Crippen molar-refractivity contribution in [3.8, 4) is 11.8 Å². The molecule has 0 aliphatic heterocycles. The minimum atomic E-state index is -0.535. The standard InChI is InChI=1S/C16H19FN2O/c1-16(2,12-6-7-12)19-15(20)13-10-11(4-3-9-18)5-8-14(13)17/h5,8,10,12H,6-7,9,18H2,1-2H3,(H,19,20). The lowest BCUT2D eigenvalue weighted by atomic mass is 9.98. The van der Waals surface area contributed by atoms with E-state index >= 15 is 0 Å². The number of hydrogen-bond donors (Lipinski definition) is 2. The molecule has 2 rings (SSSR count). The van der Waals surface area contributed by atoms with E-state index in [-0.39, 0.29) is 17.6 Å². The maximum atomic E-state index is 13.8. The Labute approximate surface area is 118 Å². The van der Waals surface area contributed by atoms with Gasteiger partial charge in [-0.2, -0.15) is 0 Å². The molecule has 1 fully saturated rings. The molecule has 1 amide bonds. The number of benzene rings is 1. The summed E-state index contributed by atoms with van der Waals surface area (Å²) in [5.74, 6) is 5.05. The zero-order chi connectivity index (χ0) is 14.8. The van der Waals surface area contributed by atoms with Gasteiger partial charge in [0.25, 0.3) is 5.91 Å². The number of nitrogens with one attached hydrogen (secondary N) is 1. The molecular weight excluding hydrogens is 255 g/mol. The summed E-state index contributed by atoms with van der Waals surface area (Å²) in [4.78, 5) is 12.2. The largest absolute Gasteiger partial charge is 0.347 e. The average Bonchev–Trinajstić information content (AvgIpc) is 3.21. The minimum Gasteiger partial charge on any atom is -0.347 e. The molecule has 0 unspecified atom stereocenters. The molecule has 1 aromatic carbocycles. The van der Waals surface area contributed by atoms with Gasteiger partial charge in [0, 0.05) is 11.1 Å². The van der Waals surface area contributed by atoms with Crippen LogP contribution in [0.5, 0.6) is 0 Å². The van der Waals surface area contributed by atoms with Crippen LogP contribution in [0.15, 0.2) is 18.2 Å². The normalized spacial score (nSPS) is 14.4. The van der Waals surface area contributed by atoms with E-state index in [1.54, 1.807) is 6.07 Å². The van der Waals surface area contributed by atoms with Crippen LogP contribution >= 0.6 is 0 Å². The van der Waals surface area contributed by atoms with Crippen molar-refractivity contribution < 1.29 is 9.18 Å². The summed E-state index contributed by atoms with van der Waals surface area (Å²) in [5.41, 5.74) is 5.62. The summed E-state index contributed by atoms with van der Waals surface area (Å²) in [7, 11) is 0. The van der Waals surface area contributed by atoms with E-state index in [2.05, 4.69) is 17.2 Å². The first-order chi connectivity index (χ1) is 9.44. The molecule has 0 saturated heterocycles. The van der Waals surface area contributed by atoms with Gasteiger partial charge in [0.05, 0.1) is 12.1 Å². The van der Waals surface area contributed by atoms with Crippen molar-refractivity contribution in [2.45, 2.75) is 32.2 Å². The lowest BCUT2D eigenvalue weighted by molar-refractivity contribution is 0.0899. The highest BCUT2D eigenvalue weighted by Crippen LogP contribution is 2.39. The zero-order valence-corrected chi connectivity index (χ0v) is 11.8. The maximum absolute atomic E-state index is 13.8. The van der Waals surface area contributed by atoms with Gasteiger partial charge in [-0.1, -0.05) is 11.8 Å². The molecule has 0 radical (unpaired) electrons. The fourth-order valence-electron chi connectivity index (χ4n) is 2.20. The van der Waals surface area contributed by atoms with Gasteiger partial charge in [0.2, 0.25) is 0 Å². The molecule has 20 heavy (non-hydrogen) atoms. The van der Waals surface area contributed by atoms with Crippen LogP contribution < -0.4 is 11.1 Å². The summed E-state index contributed by atoms with van der Waals surface area (Å²) >= 11 is 0. The Morgan fingerprint density at radius 3 is 2.80 bits per heavy atom. The Bertz CT molecular complexity index is 580. The van der Waals surface area contributed by atoms with Gasteiger partial charge in [0.15, 0.2) is 0 Å². The number of amides is 1. The first kappa shape index (κ1) is 14.5. The van der Waals surface area contributed by atoms with Gasteiger partial charge >= 0.3 is 0 Å². The van der Waals surface area contributed by atoms with E-state index in [9.17, 15) is 9.18 Å². The van der Waals surface area contributed by atoms with Crippen LogP contribution in [0, 0.1) is 23.6 Å². The molecule has 3 nitrogen and oxygen atoms in total. The SMILES string of the molecule is CC(C)(NC(=O)c1cc(C#CCN)ccc1F)C1CC1. The second-order valence-electron chi connectivity index (χ2n) is 5.65. The van der Waals surface area contributed by atoms with Crippen molar-refractivity contribution in [3.05, 3.63) is 35.1 Å². The topological polar surface area (TPSA) is 55.1 Å². The third-order valence-electron chi connectivity index (χ3n) is 3.58. The first-order valence-electron chi connectivity index (χ1n) is 6.75. The molecule has 1 aromatic rings. The second kappa shape index (κ2) is 5.64. The van der Waals surface area contributed by atoms with Gasteiger partial charge in [0.1, 0.15) is 5.82 Å². The highest BCUT2D eigenvalue weighted by molar-refractivity contribution is 5.95. The Morgan fingerprint density at radius 2 is 2.20 bits per heavy atom. The average molecular weight is 274 g/mol. The summed E-state index contributed by atoms with van der Waals surface area (Å²) < 4.78 is 13.8. The molecule has 0 aromatic heterocycles. The van der Waals surface area contributed by atoms with Crippen molar-refractivity contribution in [1.29, 1.82) is 0 Å². The Balaban J connectivity index is 2.20. The lowest BCUT2D eigenvalue weighted by Crippen LogP contribution is -2.45. The number of hydrogen-bond acceptors (Lipinski definition) is 2. The highest BCUT2D eigenvalue weighted by atomic mass is 19.1. The van der Waals surface area contributed by atoms with Gasteiger partial charge in [-0.05, 0) is 50.8 Å². The van der Waals surface area contributed by atoms with Crippen molar-refractivity contribution in [3.63, 3.8) is 0 Å². The smallest absolute Gasteiger partial charge is 0.254 e. The summed E-state index contributed by atoms with van der Waals surface area (Å²) in [6.07, 6.45) is 2.22. The number of rotatable bonds is 3. The van der Waals surface area contributed by atoms with E-state index in [0.717, 1.165) is 12.8 Å². The molecule has 3 N–H and O–H groups in total. The van der Waals surface area contributed by atoms with Crippen LogP contribution in [-0.2, 0) is 0 Å².